The number of anilines is 1. The molecule has 0 atom stereocenters. The molecule has 2 rings (SSSR count). The highest BCUT2D eigenvalue weighted by molar-refractivity contribution is 8.66. The predicted molar refractivity (Wildman–Crippen MR) is 70.3 cm³/mol. The molecule has 13 heavy (non-hydrogen) atoms. The minimum atomic E-state index is -1.77. The standard InChI is InChI=1S/C7H5NS5/c9-4-2-1-3-5-6(4)8-7(10)13(5,11)12/h1-3,9H,(H,8,10). The van der Waals surface area contributed by atoms with Gasteiger partial charge in [-0.2, -0.15) is 0 Å². The minimum absolute atomic E-state index is 0.592. The second-order valence-electron chi connectivity index (χ2n) is 2.57. The van der Waals surface area contributed by atoms with E-state index in [0.29, 0.717) is 4.32 Å². The summed E-state index contributed by atoms with van der Waals surface area (Å²) in [5, 5.41) is 3.04. The summed E-state index contributed by atoms with van der Waals surface area (Å²) >= 11 is 20.0. The van der Waals surface area contributed by atoms with E-state index in [1.807, 2.05) is 18.2 Å². The summed E-state index contributed by atoms with van der Waals surface area (Å²) in [6.45, 7) is 0. The summed E-state index contributed by atoms with van der Waals surface area (Å²) in [5.41, 5.74) is 0.899. The van der Waals surface area contributed by atoms with Crippen molar-refractivity contribution in [2.45, 2.75) is 9.79 Å². The number of hydrogen-bond donors (Lipinski definition) is 2. The molecule has 1 aromatic rings. The Labute approximate surface area is 97.1 Å². The van der Waals surface area contributed by atoms with Crippen LogP contribution in [0, 0.1) is 0 Å². The van der Waals surface area contributed by atoms with E-state index in [1.165, 1.54) is 0 Å². The molecule has 0 aliphatic carbocycles. The van der Waals surface area contributed by atoms with Gasteiger partial charge in [-0.05, 0) is 41.7 Å². The molecule has 0 unspecified atom stereocenters. The molecule has 0 saturated carbocycles. The van der Waals surface area contributed by atoms with Crippen molar-refractivity contribution in [3.8, 4) is 0 Å². The molecule has 1 N–H and O–H groups in total. The number of nitrogens with one attached hydrogen (secondary N) is 1. The summed E-state index contributed by atoms with van der Waals surface area (Å²) < 4.78 is 0.592. The Morgan fingerprint density at radius 1 is 1.31 bits per heavy atom. The van der Waals surface area contributed by atoms with Gasteiger partial charge in [0, 0.05) is 9.79 Å². The first-order valence-corrected chi connectivity index (χ1v) is 7.75. The van der Waals surface area contributed by atoms with Gasteiger partial charge in [0.25, 0.3) is 0 Å². The second kappa shape index (κ2) is 3.13. The summed E-state index contributed by atoms with van der Waals surface area (Å²) in [5.74, 6) is 0. The van der Waals surface area contributed by atoms with Crippen LogP contribution in [-0.2, 0) is 29.5 Å². The Morgan fingerprint density at radius 3 is 2.62 bits per heavy atom. The molecule has 1 aliphatic heterocycles. The molecule has 6 heteroatoms. The van der Waals surface area contributed by atoms with Crippen molar-refractivity contribution in [1.29, 1.82) is 0 Å². The maximum absolute atomic E-state index is 5.31. The fraction of sp³-hybridized carbons (Fsp3) is 0. The molecule has 0 amide bonds. The van der Waals surface area contributed by atoms with Crippen LogP contribution in [0.5, 0.6) is 0 Å². The van der Waals surface area contributed by atoms with Crippen molar-refractivity contribution >= 4 is 64.4 Å². The van der Waals surface area contributed by atoms with Crippen LogP contribution in [0.25, 0.3) is 0 Å². The Balaban J connectivity index is 2.83. The Morgan fingerprint density at radius 2 is 2.00 bits per heavy atom. The van der Waals surface area contributed by atoms with Gasteiger partial charge in [-0.1, -0.05) is 18.3 Å². The largest absolute Gasteiger partial charge is 0.339 e. The number of rotatable bonds is 0. The zero-order chi connectivity index (χ0) is 9.64. The predicted octanol–water partition coefficient (Wildman–Crippen LogP) is 2.12. The molecule has 0 saturated heterocycles. The van der Waals surface area contributed by atoms with E-state index in [1.54, 1.807) is 0 Å². The Kier molecular flexibility index (Phi) is 2.36. The molecule has 68 valence electrons. The normalized spacial score (nSPS) is 18.1. The highest BCUT2D eigenvalue weighted by atomic mass is 33.1. The topological polar surface area (TPSA) is 12.0 Å². The van der Waals surface area contributed by atoms with E-state index in [4.69, 9.17) is 34.6 Å². The summed E-state index contributed by atoms with van der Waals surface area (Å²) in [6, 6.07) is 5.72. The fourth-order valence-corrected chi connectivity index (χ4v) is 4.05. The van der Waals surface area contributed by atoms with E-state index < -0.39 is 7.15 Å². The van der Waals surface area contributed by atoms with Crippen LogP contribution < -0.4 is 5.32 Å². The van der Waals surface area contributed by atoms with Crippen LogP contribution >= 0.6 is 24.8 Å². The molecule has 1 aliphatic rings. The van der Waals surface area contributed by atoms with Crippen molar-refractivity contribution < 1.29 is 0 Å². The third-order valence-corrected chi connectivity index (χ3v) is 7.21. The van der Waals surface area contributed by atoms with E-state index in [2.05, 4.69) is 17.9 Å². The van der Waals surface area contributed by atoms with Gasteiger partial charge in [-0.25, -0.2) is 0 Å². The lowest BCUT2D eigenvalue weighted by molar-refractivity contribution is 1.36. The van der Waals surface area contributed by atoms with Crippen LogP contribution in [0.3, 0.4) is 0 Å². The van der Waals surface area contributed by atoms with Crippen LogP contribution in [0.4, 0.5) is 5.69 Å². The highest BCUT2D eigenvalue weighted by Crippen LogP contribution is 2.35. The average molecular weight is 263 g/mol. The lowest BCUT2D eigenvalue weighted by Gasteiger charge is -2.00. The van der Waals surface area contributed by atoms with Gasteiger partial charge < -0.3 is 5.32 Å². The van der Waals surface area contributed by atoms with Crippen molar-refractivity contribution in [3.63, 3.8) is 0 Å². The van der Waals surface area contributed by atoms with Gasteiger partial charge >= 0.3 is 0 Å². The molecular weight excluding hydrogens is 258 g/mol. The first-order chi connectivity index (χ1) is 6.03. The third-order valence-electron chi connectivity index (χ3n) is 1.76. The van der Waals surface area contributed by atoms with Crippen molar-refractivity contribution in [2.24, 2.45) is 0 Å². The molecule has 0 radical (unpaired) electrons. The molecule has 0 fully saturated rings. The maximum atomic E-state index is 5.31. The molecule has 1 aromatic carbocycles. The number of benzene rings is 1. The SMILES string of the molecule is S=C1Nc2c(S)cccc2S1(=S)=S. The quantitative estimate of drug-likeness (QED) is 0.422. The van der Waals surface area contributed by atoms with Gasteiger partial charge in [0.05, 0.1) is 5.69 Å². The van der Waals surface area contributed by atoms with Crippen molar-refractivity contribution in [2.75, 3.05) is 5.32 Å². The van der Waals surface area contributed by atoms with E-state index in [0.717, 1.165) is 15.5 Å². The average Bonchev–Trinajstić information content (AvgIpc) is 2.28. The second-order valence-corrected chi connectivity index (χ2v) is 9.20. The molecular formula is C7H5NS5. The lowest BCUT2D eigenvalue weighted by atomic mass is 10.3. The zero-order valence-electron chi connectivity index (χ0n) is 6.31. The number of thiocarbonyl (C=S) groups is 1. The van der Waals surface area contributed by atoms with E-state index >= 15 is 0 Å². The van der Waals surface area contributed by atoms with E-state index in [9.17, 15) is 0 Å². The smallest absolute Gasteiger partial charge is 0.150 e. The van der Waals surface area contributed by atoms with Crippen LogP contribution in [0.2, 0.25) is 0 Å². The summed E-state index contributed by atoms with van der Waals surface area (Å²) in [6.07, 6.45) is 0. The van der Waals surface area contributed by atoms with Gasteiger partial charge in [0.15, 0.2) is 4.32 Å². The van der Waals surface area contributed by atoms with Gasteiger partial charge in [0.2, 0.25) is 0 Å². The first-order valence-electron chi connectivity index (χ1n) is 3.41. The number of hydrogen-bond acceptors (Lipinski definition) is 4. The first kappa shape index (κ1) is 9.79. The molecule has 0 aromatic heterocycles. The van der Waals surface area contributed by atoms with Crippen LogP contribution in [-0.4, -0.2) is 4.32 Å². The number of fused-ring (bicyclic) bond motifs is 1. The lowest BCUT2D eigenvalue weighted by Crippen LogP contribution is -2.08. The van der Waals surface area contributed by atoms with Crippen LogP contribution in [0.15, 0.2) is 28.0 Å². The highest BCUT2D eigenvalue weighted by Gasteiger charge is 2.25. The third kappa shape index (κ3) is 1.41. The van der Waals surface area contributed by atoms with Crippen LogP contribution in [0.1, 0.15) is 0 Å². The van der Waals surface area contributed by atoms with Crippen molar-refractivity contribution in [1.82, 2.24) is 0 Å². The minimum Gasteiger partial charge on any atom is -0.339 e. The number of thiol groups is 1. The summed E-state index contributed by atoms with van der Waals surface area (Å²) in [4.78, 5) is 1.80. The van der Waals surface area contributed by atoms with Gasteiger partial charge in [0.1, 0.15) is 0 Å². The fourth-order valence-electron chi connectivity index (χ4n) is 1.14. The molecule has 0 bridgehead atoms. The van der Waals surface area contributed by atoms with E-state index in [-0.39, 0.29) is 0 Å². The summed E-state index contributed by atoms with van der Waals surface area (Å²) in [7, 11) is -1.77. The van der Waals surface area contributed by atoms with Crippen molar-refractivity contribution in [3.05, 3.63) is 18.2 Å². The Bertz CT molecular complexity index is 488. The molecule has 1 nitrogen and oxygen atoms in total. The maximum Gasteiger partial charge on any atom is 0.150 e. The number of para-hydroxylation sites is 1. The zero-order valence-corrected chi connectivity index (χ0v) is 10.5. The molecule has 1 heterocycles. The Hall–Kier alpha value is 0.250. The van der Waals surface area contributed by atoms with Gasteiger partial charge in [-0.3, -0.25) is 0 Å². The monoisotopic (exact) mass is 263 g/mol. The molecule has 0 spiro atoms. The van der Waals surface area contributed by atoms with Gasteiger partial charge in [-0.15, -0.1) is 12.6 Å².